The first-order chi connectivity index (χ1) is 12.6. The number of H-pyrrole nitrogens is 1. The van der Waals surface area contributed by atoms with Crippen molar-refractivity contribution in [2.75, 3.05) is 13.1 Å². The van der Waals surface area contributed by atoms with Crippen molar-refractivity contribution >= 4 is 22.7 Å². The molecule has 1 N–H and O–H groups in total. The largest absolute Gasteiger partial charge is 0.467 e. The highest BCUT2D eigenvalue weighted by atomic mass is 16.3. The highest BCUT2D eigenvalue weighted by Gasteiger charge is 2.54. The Labute approximate surface area is 150 Å². The first kappa shape index (κ1) is 15.3. The monoisotopic (exact) mass is 349 g/mol. The van der Waals surface area contributed by atoms with E-state index in [1.165, 1.54) is 0 Å². The molecule has 0 radical (unpaired) electrons. The second kappa shape index (κ2) is 5.24. The van der Waals surface area contributed by atoms with Gasteiger partial charge in [0, 0.05) is 17.4 Å². The second-order valence-corrected chi connectivity index (χ2v) is 7.13. The number of piperazine rings is 1. The predicted molar refractivity (Wildman–Crippen MR) is 95.2 cm³/mol. The predicted octanol–water partition coefficient (Wildman–Crippen LogP) is 2.40. The summed E-state index contributed by atoms with van der Waals surface area (Å²) in [5.74, 6) is 0.583. The molecule has 5 rings (SSSR count). The van der Waals surface area contributed by atoms with Gasteiger partial charge in [0.2, 0.25) is 5.91 Å². The number of carbonyl (C=O) groups excluding carboxylic acids is 2. The van der Waals surface area contributed by atoms with Gasteiger partial charge in [-0.3, -0.25) is 9.59 Å². The molecular weight excluding hydrogens is 330 g/mol. The molecule has 2 amide bonds. The number of amides is 2. The van der Waals surface area contributed by atoms with E-state index in [0.717, 1.165) is 28.6 Å². The van der Waals surface area contributed by atoms with Crippen LogP contribution in [-0.4, -0.2) is 39.7 Å². The van der Waals surface area contributed by atoms with Crippen LogP contribution in [0.15, 0.2) is 47.1 Å². The van der Waals surface area contributed by atoms with Crippen molar-refractivity contribution in [1.29, 1.82) is 0 Å². The summed E-state index contributed by atoms with van der Waals surface area (Å²) in [5, 5.41) is 1.13. The van der Waals surface area contributed by atoms with E-state index in [1.807, 2.05) is 31.2 Å². The van der Waals surface area contributed by atoms with E-state index in [9.17, 15) is 9.59 Å². The third kappa shape index (κ3) is 1.92. The maximum Gasteiger partial charge on any atom is 0.255 e. The lowest BCUT2D eigenvalue weighted by Crippen LogP contribution is -2.66. The molecule has 6 nitrogen and oxygen atoms in total. The quantitative estimate of drug-likeness (QED) is 0.772. The number of benzene rings is 1. The summed E-state index contributed by atoms with van der Waals surface area (Å²) in [6.07, 6.45) is 2.34. The minimum absolute atomic E-state index is 0.0250. The van der Waals surface area contributed by atoms with Crippen molar-refractivity contribution in [2.45, 2.75) is 25.4 Å². The molecule has 1 saturated heterocycles. The fourth-order valence-electron chi connectivity index (χ4n) is 4.40. The summed E-state index contributed by atoms with van der Waals surface area (Å²) < 4.78 is 5.38. The van der Waals surface area contributed by atoms with Crippen molar-refractivity contribution in [1.82, 2.24) is 14.8 Å². The Kier molecular flexibility index (Phi) is 3.07. The summed E-state index contributed by atoms with van der Waals surface area (Å²) in [4.78, 5) is 33.0. The molecule has 0 saturated carbocycles. The number of aromatic nitrogens is 1. The van der Waals surface area contributed by atoms with Crippen LogP contribution in [0.3, 0.4) is 0 Å². The van der Waals surface area contributed by atoms with E-state index in [-0.39, 0.29) is 18.4 Å². The van der Waals surface area contributed by atoms with Crippen LogP contribution in [0.1, 0.15) is 23.9 Å². The molecule has 2 aromatic heterocycles. The van der Waals surface area contributed by atoms with Crippen LogP contribution in [0.5, 0.6) is 0 Å². The number of rotatable bonds is 2. The fourth-order valence-corrected chi connectivity index (χ4v) is 4.40. The van der Waals surface area contributed by atoms with Crippen LogP contribution in [0.2, 0.25) is 0 Å². The van der Waals surface area contributed by atoms with Crippen molar-refractivity contribution in [3.63, 3.8) is 0 Å². The van der Waals surface area contributed by atoms with Crippen LogP contribution in [0.4, 0.5) is 0 Å². The summed E-state index contributed by atoms with van der Waals surface area (Å²) in [7, 11) is 0. The molecule has 132 valence electrons. The van der Waals surface area contributed by atoms with Gasteiger partial charge < -0.3 is 19.2 Å². The molecule has 1 atom stereocenters. The number of furan rings is 1. The number of hydrogen-bond donors (Lipinski definition) is 1. The molecule has 2 aliphatic heterocycles. The Balaban J connectivity index is 1.63. The molecule has 4 heterocycles. The number of nitrogens with one attached hydrogen (secondary N) is 1. The van der Waals surface area contributed by atoms with Crippen molar-refractivity contribution in [3.8, 4) is 0 Å². The minimum atomic E-state index is -1.01. The lowest BCUT2D eigenvalue weighted by atomic mass is 9.83. The van der Waals surface area contributed by atoms with Gasteiger partial charge in [0.15, 0.2) is 5.54 Å². The molecule has 6 heteroatoms. The number of aromatic amines is 1. The van der Waals surface area contributed by atoms with E-state index in [4.69, 9.17) is 4.42 Å². The lowest BCUT2D eigenvalue weighted by Gasteiger charge is -2.49. The average Bonchev–Trinajstić information content (AvgIpc) is 3.27. The van der Waals surface area contributed by atoms with Gasteiger partial charge >= 0.3 is 0 Å². The summed E-state index contributed by atoms with van der Waals surface area (Å²) in [6.45, 7) is 2.81. The fraction of sp³-hybridized carbons (Fsp3) is 0.300. The Morgan fingerprint density at radius 1 is 1.19 bits per heavy atom. The Hall–Kier alpha value is -3.02. The molecule has 1 aromatic carbocycles. The third-order valence-corrected chi connectivity index (χ3v) is 5.68. The third-order valence-electron chi connectivity index (χ3n) is 5.68. The smallest absolute Gasteiger partial charge is 0.255 e. The Bertz CT molecular complexity index is 1020. The summed E-state index contributed by atoms with van der Waals surface area (Å²) in [5.41, 5.74) is 1.98. The maximum absolute atomic E-state index is 13.5. The zero-order chi connectivity index (χ0) is 17.9. The van der Waals surface area contributed by atoms with Crippen LogP contribution >= 0.6 is 0 Å². The van der Waals surface area contributed by atoms with E-state index >= 15 is 0 Å². The van der Waals surface area contributed by atoms with Gasteiger partial charge in [0.1, 0.15) is 12.3 Å². The zero-order valence-corrected chi connectivity index (χ0v) is 14.5. The Morgan fingerprint density at radius 2 is 2.04 bits per heavy atom. The average molecular weight is 349 g/mol. The molecule has 3 aromatic rings. The molecule has 2 aliphatic rings. The minimum Gasteiger partial charge on any atom is -0.467 e. The first-order valence-electron chi connectivity index (χ1n) is 8.81. The van der Waals surface area contributed by atoms with Crippen LogP contribution < -0.4 is 0 Å². The lowest BCUT2D eigenvalue weighted by molar-refractivity contribution is -0.166. The molecule has 0 aliphatic carbocycles. The van der Waals surface area contributed by atoms with E-state index < -0.39 is 5.54 Å². The van der Waals surface area contributed by atoms with Gasteiger partial charge in [0.25, 0.3) is 5.91 Å². The second-order valence-electron chi connectivity index (χ2n) is 7.13. The SMILES string of the molecule is C[C@]12C(=O)N(Cc3ccco3)CC(=O)N1CCc1c2[nH]c2ccccc12. The van der Waals surface area contributed by atoms with Crippen molar-refractivity contribution < 1.29 is 14.0 Å². The highest BCUT2D eigenvalue weighted by molar-refractivity contribution is 6.00. The van der Waals surface area contributed by atoms with Gasteiger partial charge in [-0.05, 0) is 37.1 Å². The zero-order valence-electron chi connectivity index (χ0n) is 14.5. The molecule has 0 bridgehead atoms. The number of fused-ring (bicyclic) bond motifs is 5. The van der Waals surface area contributed by atoms with Crippen LogP contribution in [0, 0.1) is 0 Å². The number of para-hydroxylation sites is 1. The summed E-state index contributed by atoms with van der Waals surface area (Å²) >= 11 is 0. The van der Waals surface area contributed by atoms with Gasteiger partial charge in [-0.2, -0.15) is 0 Å². The molecule has 1 fully saturated rings. The molecule has 0 unspecified atom stereocenters. The normalized spacial score (nSPS) is 22.7. The maximum atomic E-state index is 13.5. The van der Waals surface area contributed by atoms with Gasteiger partial charge in [-0.15, -0.1) is 0 Å². The van der Waals surface area contributed by atoms with Gasteiger partial charge in [-0.1, -0.05) is 18.2 Å². The number of carbonyl (C=O) groups is 2. The van der Waals surface area contributed by atoms with Gasteiger partial charge in [-0.25, -0.2) is 0 Å². The van der Waals surface area contributed by atoms with E-state index in [1.54, 1.807) is 22.1 Å². The first-order valence-corrected chi connectivity index (χ1v) is 8.81. The van der Waals surface area contributed by atoms with Crippen molar-refractivity contribution in [2.24, 2.45) is 0 Å². The standard InChI is InChI=1S/C20H19N3O3/c1-20-18-15(14-6-2-3-7-16(14)21-18)8-9-23(20)17(24)12-22(19(20)25)11-13-5-4-10-26-13/h2-7,10,21H,8-9,11-12H2,1H3/t20-/m0/s1. The van der Waals surface area contributed by atoms with E-state index in [2.05, 4.69) is 11.1 Å². The molecular formula is C20H19N3O3. The topological polar surface area (TPSA) is 69.6 Å². The van der Waals surface area contributed by atoms with Crippen molar-refractivity contribution in [3.05, 3.63) is 59.7 Å². The van der Waals surface area contributed by atoms with Crippen LogP contribution in [-0.2, 0) is 28.1 Å². The summed E-state index contributed by atoms with van der Waals surface area (Å²) in [6, 6.07) is 11.7. The van der Waals surface area contributed by atoms with Gasteiger partial charge in [0.05, 0.1) is 18.5 Å². The number of hydrogen-bond acceptors (Lipinski definition) is 3. The Morgan fingerprint density at radius 3 is 2.85 bits per heavy atom. The molecule has 26 heavy (non-hydrogen) atoms. The van der Waals surface area contributed by atoms with Crippen LogP contribution in [0.25, 0.3) is 10.9 Å². The molecule has 0 spiro atoms. The highest BCUT2D eigenvalue weighted by Crippen LogP contribution is 2.42. The van der Waals surface area contributed by atoms with E-state index in [0.29, 0.717) is 18.8 Å². The number of nitrogens with zero attached hydrogens (tertiary/aromatic N) is 2.